The second-order valence-corrected chi connectivity index (χ2v) is 5.03. The average Bonchev–Trinajstić information content (AvgIpc) is 2.75. The van der Waals surface area contributed by atoms with Gasteiger partial charge in [0, 0.05) is 17.5 Å². The van der Waals surface area contributed by atoms with Gasteiger partial charge in [-0.05, 0) is 17.9 Å². The molecule has 90 valence electrons. The average molecular weight is 229 g/mol. The molecule has 17 heavy (non-hydrogen) atoms. The summed E-state index contributed by atoms with van der Waals surface area (Å²) in [4.78, 5) is 12.2. The quantitative estimate of drug-likeness (QED) is 0.639. The third kappa shape index (κ3) is 2.64. The van der Waals surface area contributed by atoms with Crippen LogP contribution in [0.1, 0.15) is 42.1 Å². The molecular weight excluding hydrogens is 210 g/mol. The Bertz CT molecular complexity index is 431. The van der Waals surface area contributed by atoms with E-state index in [9.17, 15) is 4.79 Å². The molecule has 0 heterocycles. The summed E-state index contributed by atoms with van der Waals surface area (Å²) in [6.07, 6.45) is 4.60. The second kappa shape index (κ2) is 4.84. The van der Waals surface area contributed by atoms with Gasteiger partial charge >= 0.3 is 0 Å². The lowest BCUT2D eigenvalue weighted by Crippen LogP contribution is -2.19. The van der Waals surface area contributed by atoms with Crippen molar-refractivity contribution in [1.29, 1.82) is 0 Å². The Balaban J connectivity index is 2.12. The Morgan fingerprint density at radius 2 is 1.88 bits per heavy atom. The zero-order valence-electron chi connectivity index (χ0n) is 10.4. The summed E-state index contributed by atoms with van der Waals surface area (Å²) in [6.45, 7) is 4.30. The number of rotatable bonds is 3. The minimum absolute atomic E-state index is 0.0325. The van der Waals surface area contributed by atoms with Crippen molar-refractivity contribution in [3.8, 4) is 0 Å². The van der Waals surface area contributed by atoms with Gasteiger partial charge in [0.25, 0.3) is 0 Å². The van der Waals surface area contributed by atoms with Gasteiger partial charge in [0.1, 0.15) is 0 Å². The van der Waals surface area contributed by atoms with E-state index in [2.05, 4.69) is 13.8 Å². The van der Waals surface area contributed by atoms with Gasteiger partial charge in [-0.25, -0.2) is 0 Å². The van der Waals surface area contributed by atoms with E-state index >= 15 is 0 Å². The van der Waals surface area contributed by atoms with E-state index in [-0.39, 0.29) is 17.7 Å². The number of allylic oxidation sites excluding steroid dienone is 1. The summed E-state index contributed by atoms with van der Waals surface area (Å²) in [5.41, 5.74) is 7.82. The molecule has 2 N–H and O–H groups in total. The van der Waals surface area contributed by atoms with Gasteiger partial charge in [-0.15, -0.1) is 0 Å². The van der Waals surface area contributed by atoms with Crippen molar-refractivity contribution in [3.05, 3.63) is 47.5 Å². The number of hydrogen-bond acceptors (Lipinski definition) is 2. The van der Waals surface area contributed by atoms with Crippen LogP contribution in [0.4, 0.5) is 0 Å². The highest BCUT2D eigenvalue weighted by Crippen LogP contribution is 2.22. The lowest BCUT2D eigenvalue weighted by Gasteiger charge is -2.10. The fourth-order valence-corrected chi connectivity index (χ4v) is 2.17. The van der Waals surface area contributed by atoms with Crippen LogP contribution in [-0.2, 0) is 0 Å². The molecule has 1 aromatic rings. The van der Waals surface area contributed by atoms with Crippen molar-refractivity contribution in [1.82, 2.24) is 0 Å². The first-order valence-corrected chi connectivity index (χ1v) is 6.16. The zero-order chi connectivity index (χ0) is 12.4. The number of hydrogen-bond donors (Lipinski definition) is 1. The summed E-state index contributed by atoms with van der Waals surface area (Å²) in [5, 5.41) is 0. The highest BCUT2D eigenvalue weighted by Gasteiger charge is 2.23. The van der Waals surface area contributed by atoms with Gasteiger partial charge in [0.2, 0.25) is 0 Å². The third-order valence-corrected chi connectivity index (χ3v) is 3.32. The van der Waals surface area contributed by atoms with Crippen LogP contribution in [0.25, 0.3) is 0 Å². The van der Waals surface area contributed by atoms with E-state index < -0.39 is 0 Å². The van der Waals surface area contributed by atoms with Crippen LogP contribution in [-0.4, -0.2) is 11.8 Å². The highest BCUT2D eigenvalue weighted by atomic mass is 16.1. The first kappa shape index (κ1) is 12.1. The molecule has 0 radical (unpaired) electrons. The molecule has 0 saturated heterocycles. The maximum Gasteiger partial charge on any atom is 0.169 e. The smallest absolute Gasteiger partial charge is 0.169 e. The number of nitrogens with two attached hydrogens (primary N) is 1. The molecule has 0 aliphatic heterocycles. The Labute approximate surface area is 103 Å². The van der Waals surface area contributed by atoms with Gasteiger partial charge in [0.05, 0.1) is 0 Å². The molecule has 1 aromatic carbocycles. The van der Waals surface area contributed by atoms with Crippen molar-refractivity contribution in [3.63, 3.8) is 0 Å². The second-order valence-electron chi connectivity index (χ2n) is 5.03. The molecular formula is C15H19NO. The Morgan fingerprint density at radius 1 is 1.24 bits per heavy atom. The van der Waals surface area contributed by atoms with Crippen LogP contribution in [0.3, 0.4) is 0 Å². The number of Topliss-reactive ketones (excluding diaryl/α,β-unsaturated/α-hetero) is 1. The summed E-state index contributed by atoms with van der Waals surface area (Å²) in [5.74, 6) is 0.651. The molecule has 0 aromatic heterocycles. The molecule has 2 rings (SSSR count). The Morgan fingerprint density at radius 3 is 2.35 bits per heavy atom. The van der Waals surface area contributed by atoms with Crippen LogP contribution in [0.2, 0.25) is 0 Å². The molecule has 1 aliphatic carbocycles. The molecule has 0 saturated carbocycles. The molecule has 2 heteroatoms. The van der Waals surface area contributed by atoms with Gasteiger partial charge in [-0.3, -0.25) is 4.79 Å². The SMILES string of the molecule is CC(C)c1ccc(C(=O)C2C=CC(N)C2)cc1. The maximum atomic E-state index is 12.2. The molecule has 1 aliphatic rings. The summed E-state index contributed by atoms with van der Waals surface area (Å²) < 4.78 is 0. The van der Waals surface area contributed by atoms with Crippen molar-refractivity contribution in [2.24, 2.45) is 11.7 Å². The van der Waals surface area contributed by atoms with Crippen molar-refractivity contribution < 1.29 is 4.79 Å². The molecule has 2 atom stereocenters. The fourth-order valence-electron chi connectivity index (χ4n) is 2.17. The fraction of sp³-hybridized carbons (Fsp3) is 0.400. The molecule has 0 fully saturated rings. The van der Waals surface area contributed by atoms with Gasteiger partial charge < -0.3 is 5.73 Å². The van der Waals surface area contributed by atoms with Gasteiger partial charge in [-0.2, -0.15) is 0 Å². The van der Waals surface area contributed by atoms with E-state index in [0.717, 1.165) is 12.0 Å². The number of carbonyl (C=O) groups is 1. The molecule has 0 bridgehead atoms. The van der Waals surface area contributed by atoms with Crippen LogP contribution < -0.4 is 5.73 Å². The summed E-state index contributed by atoms with van der Waals surface area (Å²) >= 11 is 0. The zero-order valence-corrected chi connectivity index (χ0v) is 10.4. The predicted octanol–water partition coefficient (Wildman–Crippen LogP) is 2.90. The van der Waals surface area contributed by atoms with E-state index in [1.54, 1.807) is 0 Å². The number of ketones is 1. The van der Waals surface area contributed by atoms with E-state index in [0.29, 0.717) is 5.92 Å². The highest BCUT2D eigenvalue weighted by molar-refractivity contribution is 5.99. The van der Waals surface area contributed by atoms with E-state index in [4.69, 9.17) is 5.73 Å². The summed E-state index contributed by atoms with van der Waals surface area (Å²) in [7, 11) is 0. The lowest BCUT2D eigenvalue weighted by molar-refractivity contribution is 0.0943. The topological polar surface area (TPSA) is 43.1 Å². The number of benzene rings is 1. The van der Waals surface area contributed by atoms with Crippen LogP contribution in [0, 0.1) is 5.92 Å². The predicted molar refractivity (Wildman–Crippen MR) is 70.1 cm³/mol. The number of carbonyl (C=O) groups excluding carboxylic acids is 1. The van der Waals surface area contributed by atoms with Crippen molar-refractivity contribution in [2.75, 3.05) is 0 Å². The minimum atomic E-state index is -0.0325. The summed E-state index contributed by atoms with van der Waals surface area (Å²) in [6, 6.07) is 7.97. The Kier molecular flexibility index (Phi) is 3.43. The maximum absolute atomic E-state index is 12.2. The molecule has 0 spiro atoms. The van der Waals surface area contributed by atoms with E-state index in [1.807, 2.05) is 36.4 Å². The largest absolute Gasteiger partial charge is 0.324 e. The van der Waals surface area contributed by atoms with E-state index in [1.165, 1.54) is 5.56 Å². The van der Waals surface area contributed by atoms with Crippen LogP contribution >= 0.6 is 0 Å². The molecule has 2 nitrogen and oxygen atoms in total. The minimum Gasteiger partial charge on any atom is -0.324 e. The van der Waals surface area contributed by atoms with Gasteiger partial charge in [-0.1, -0.05) is 50.3 Å². The van der Waals surface area contributed by atoms with Gasteiger partial charge in [0.15, 0.2) is 5.78 Å². The Hall–Kier alpha value is -1.41. The van der Waals surface area contributed by atoms with Crippen molar-refractivity contribution in [2.45, 2.75) is 32.2 Å². The standard InChI is InChI=1S/C15H19NO/c1-10(2)11-3-5-12(6-4-11)15(17)13-7-8-14(16)9-13/h3-8,10,13-14H,9,16H2,1-2H3. The van der Waals surface area contributed by atoms with Crippen LogP contribution in [0.5, 0.6) is 0 Å². The lowest BCUT2D eigenvalue weighted by atomic mass is 9.94. The molecule has 2 unspecified atom stereocenters. The third-order valence-electron chi connectivity index (χ3n) is 3.32. The molecule has 0 amide bonds. The first-order valence-electron chi connectivity index (χ1n) is 6.16. The first-order chi connectivity index (χ1) is 8.08. The van der Waals surface area contributed by atoms with Crippen LogP contribution in [0.15, 0.2) is 36.4 Å². The monoisotopic (exact) mass is 229 g/mol. The van der Waals surface area contributed by atoms with Crippen molar-refractivity contribution >= 4 is 5.78 Å². The normalized spacial score (nSPS) is 23.3.